The summed E-state index contributed by atoms with van der Waals surface area (Å²) < 4.78 is 2.29. The molecule has 0 N–H and O–H groups in total. The van der Waals surface area contributed by atoms with Gasteiger partial charge in [-0.3, -0.25) is 4.99 Å². The standard InChI is InChI=1S/C33H23ClN2/c34-29-16-19-31(20-17-29)36-32(25-10-3-1-4-11-25)22-28(33(36)26-12-5-2-6-13-26)23-35-30-18-15-24-9-7-8-14-27(24)21-30/h1-23H. The summed E-state index contributed by atoms with van der Waals surface area (Å²) >= 11 is 6.25. The lowest BCUT2D eigenvalue weighted by Gasteiger charge is -2.15. The average Bonchev–Trinajstić information content (AvgIpc) is 3.33. The van der Waals surface area contributed by atoms with Gasteiger partial charge in [-0.25, -0.2) is 0 Å². The monoisotopic (exact) mass is 482 g/mol. The van der Waals surface area contributed by atoms with Crippen molar-refractivity contribution in [3.05, 3.63) is 144 Å². The van der Waals surface area contributed by atoms with E-state index in [-0.39, 0.29) is 0 Å². The van der Waals surface area contributed by atoms with Crippen LogP contribution in [0.1, 0.15) is 5.56 Å². The zero-order chi connectivity index (χ0) is 24.3. The van der Waals surface area contributed by atoms with E-state index in [1.807, 2.05) is 30.5 Å². The van der Waals surface area contributed by atoms with E-state index in [0.29, 0.717) is 5.02 Å². The molecule has 3 heteroatoms. The molecule has 0 spiro atoms. The van der Waals surface area contributed by atoms with Crippen molar-refractivity contribution in [2.75, 3.05) is 0 Å². The molecule has 172 valence electrons. The van der Waals surface area contributed by atoms with Crippen molar-refractivity contribution < 1.29 is 0 Å². The van der Waals surface area contributed by atoms with Gasteiger partial charge >= 0.3 is 0 Å². The molecule has 0 saturated heterocycles. The van der Waals surface area contributed by atoms with Gasteiger partial charge in [0.05, 0.1) is 17.1 Å². The second-order valence-corrected chi connectivity index (χ2v) is 9.10. The van der Waals surface area contributed by atoms with Gasteiger partial charge in [-0.15, -0.1) is 0 Å². The van der Waals surface area contributed by atoms with Crippen molar-refractivity contribution in [1.82, 2.24) is 4.57 Å². The van der Waals surface area contributed by atoms with Crippen LogP contribution in [0.2, 0.25) is 5.02 Å². The molecule has 6 rings (SSSR count). The topological polar surface area (TPSA) is 17.3 Å². The molecule has 1 aromatic heterocycles. The number of fused-ring (bicyclic) bond motifs is 1. The summed E-state index contributed by atoms with van der Waals surface area (Å²) in [6, 6.07) is 45.8. The fraction of sp³-hybridized carbons (Fsp3) is 0. The highest BCUT2D eigenvalue weighted by molar-refractivity contribution is 6.30. The van der Waals surface area contributed by atoms with Gasteiger partial charge in [0, 0.05) is 22.5 Å². The smallest absolute Gasteiger partial charge is 0.0636 e. The molecule has 0 unspecified atom stereocenters. The number of aliphatic imine (C=N–C) groups is 1. The predicted molar refractivity (Wildman–Crippen MR) is 153 cm³/mol. The maximum absolute atomic E-state index is 6.25. The van der Waals surface area contributed by atoms with E-state index in [1.165, 1.54) is 10.8 Å². The van der Waals surface area contributed by atoms with Crippen LogP contribution in [0.15, 0.2) is 138 Å². The Kier molecular flexibility index (Phi) is 5.95. The Morgan fingerprint density at radius 3 is 1.94 bits per heavy atom. The van der Waals surface area contributed by atoms with Crippen LogP contribution in [-0.2, 0) is 0 Å². The van der Waals surface area contributed by atoms with Gasteiger partial charge < -0.3 is 4.57 Å². The van der Waals surface area contributed by atoms with E-state index in [1.54, 1.807) is 0 Å². The Bertz CT molecular complexity index is 1660. The number of aromatic nitrogens is 1. The molecule has 2 nitrogen and oxygen atoms in total. The van der Waals surface area contributed by atoms with Gasteiger partial charge in [0.25, 0.3) is 0 Å². The van der Waals surface area contributed by atoms with E-state index in [4.69, 9.17) is 16.6 Å². The van der Waals surface area contributed by atoms with Crippen LogP contribution >= 0.6 is 11.6 Å². The third-order valence-electron chi connectivity index (χ3n) is 6.32. The summed E-state index contributed by atoms with van der Waals surface area (Å²) in [6.45, 7) is 0. The zero-order valence-corrected chi connectivity index (χ0v) is 20.3. The van der Waals surface area contributed by atoms with E-state index in [0.717, 1.165) is 39.5 Å². The lowest BCUT2D eigenvalue weighted by Crippen LogP contribution is -2.00. The Hall–Kier alpha value is -4.40. The Labute approximate surface area is 215 Å². The molecular weight excluding hydrogens is 460 g/mol. The molecule has 36 heavy (non-hydrogen) atoms. The second-order valence-electron chi connectivity index (χ2n) is 8.67. The van der Waals surface area contributed by atoms with Crippen LogP contribution in [0, 0.1) is 0 Å². The van der Waals surface area contributed by atoms with Crippen molar-refractivity contribution in [1.29, 1.82) is 0 Å². The highest BCUT2D eigenvalue weighted by Crippen LogP contribution is 2.36. The van der Waals surface area contributed by atoms with Crippen LogP contribution in [0.3, 0.4) is 0 Å². The molecule has 0 aliphatic heterocycles. The molecular formula is C33H23ClN2. The predicted octanol–water partition coefficient (Wildman–Crippen LogP) is 9.37. The number of halogens is 1. The molecule has 0 aliphatic rings. The highest BCUT2D eigenvalue weighted by atomic mass is 35.5. The average molecular weight is 483 g/mol. The summed E-state index contributed by atoms with van der Waals surface area (Å²) in [6.07, 6.45) is 1.98. The summed E-state index contributed by atoms with van der Waals surface area (Å²) in [5, 5.41) is 3.10. The molecule has 0 atom stereocenters. The molecule has 1 heterocycles. The quantitative estimate of drug-likeness (QED) is 0.218. The second kappa shape index (κ2) is 9.69. The van der Waals surface area contributed by atoms with Crippen LogP contribution in [-0.4, -0.2) is 10.8 Å². The minimum absolute atomic E-state index is 0.714. The van der Waals surface area contributed by atoms with Crippen LogP contribution in [0.4, 0.5) is 5.69 Å². The minimum atomic E-state index is 0.714. The Morgan fingerprint density at radius 2 is 1.22 bits per heavy atom. The first-order chi connectivity index (χ1) is 17.8. The number of benzene rings is 5. The van der Waals surface area contributed by atoms with E-state index in [2.05, 4.69) is 114 Å². The Balaban J connectivity index is 1.57. The van der Waals surface area contributed by atoms with Gasteiger partial charge in [-0.1, -0.05) is 103 Å². The van der Waals surface area contributed by atoms with Crippen LogP contribution in [0.25, 0.3) is 39.0 Å². The van der Waals surface area contributed by atoms with Crippen molar-refractivity contribution in [2.45, 2.75) is 0 Å². The van der Waals surface area contributed by atoms with Crippen molar-refractivity contribution in [3.8, 4) is 28.2 Å². The molecule has 0 bridgehead atoms. The van der Waals surface area contributed by atoms with E-state index in [9.17, 15) is 0 Å². The zero-order valence-electron chi connectivity index (χ0n) is 19.6. The normalized spacial score (nSPS) is 11.4. The van der Waals surface area contributed by atoms with Gasteiger partial charge in [-0.05, 0) is 64.4 Å². The molecule has 6 aromatic rings. The SMILES string of the molecule is Clc1ccc(-n2c(-c3ccccc3)cc(C=Nc3ccc4ccccc4c3)c2-c2ccccc2)cc1. The third kappa shape index (κ3) is 4.35. The summed E-state index contributed by atoms with van der Waals surface area (Å²) in [5.74, 6) is 0. The largest absolute Gasteiger partial charge is 0.309 e. The first kappa shape index (κ1) is 22.1. The lowest BCUT2D eigenvalue weighted by molar-refractivity contribution is 1.09. The minimum Gasteiger partial charge on any atom is -0.309 e. The first-order valence-corrected chi connectivity index (χ1v) is 12.3. The molecule has 0 radical (unpaired) electrons. The molecule has 0 saturated carbocycles. The van der Waals surface area contributed by atoms with Crippen LogP contribution in [0.5, 0.6) is 0 Å². The van der Waals surface area contributed by atoms with Crippen LogP contribution < -0.4 is 0 Å². The van der Waals surface area contributed by atoms with Crippen molar-refractivity contribution in [3.63, 3.8) is 0 Å². The molecule has 0 amide bonds. The van der Waals surface area contributed by atoms with E-state index < -0.39 is 0 Å². The lowest BCUT2D eigenvalue weighted by atomic mass is 10.1. The maximum Gasteiger partial charge on any atom is 0.0636 e. The third-order valence-corrected chi connectivity index (χ3v) is 6.57. The fourth-order valence-corrected chi connectivity index (χ4v) is 4.73. The fourth-order valence-electron chi connectivity index (χ4n) is 4.60. The summed E-state index contributed by atoms with van der Waals surface area (Å²) in [4.78, 5) is 4.91. The highest BCUT2D eigenvalue weighted by Gasteiger charge is 2.18. The molecule has 5 aromatic carbocycles. The first-order valence-electron chi connectivity index (χ1n) is 11.9. The molecule has 0 aliphatic carbocycles. The molecule has 0 fully saturated rings. The van der Waals surface area contributed by atoms with Gasteiger partial charge in [0.1, 0.15) is 0 Å². The van der Waals surface area contributed by atoms with Gasteiger partial charge in [0.15, 0.2) is 0 Å². The summed E-state index contributed by atoms with van der Waals surface area (Å²) in [7, 11) is 0. The van der Waals surface area contributed by atoms with Gasteiger partial charge in [-0.2, -0.15) is 0 Å². The van der Waals surface area contributed by atoms with E-state index >= 15 is 0 Å². The number of hydrogen-bond acceptors (Lipinski definition) is 1. The number of rotatable bonds is 5. The number of hydrogen-bond donors (Lipinski definition) is 0. The Morgan fingerprint density at radius 1 is 0.583 bits per heavy atom. The van der Waals surface area contributed by atoms with Crippen molar-refractivity contribution in [2.24, 2.45) is 4.99 Å². The van der Waals surface area contributed by atoms with Gasteiger partial charge in [0.2, 0.25) is 0 Å². The summed E-state index contributed by atoms with van der Waals surface area (Å²) in [5.41, 5.74) is 7.45. The number of nitrogens with zero attached hydrogens (tertiary/aromatic N) is 2. The maximum atomic E-state index is 6.25. The van der Waals surface area contributed by atoms with Crippen molar-refractivity contribution >= 4 is 34.3 Å².